The molecule has 0 amide bonds. The lowest BCUT2D eigenvalue weighted by atomic mass is 9.79. The summed E-state index contributed by atoms with van der Waals surface area (Å²) in [5, 5.41) is 0.121. The molecular weight excluding hydrogens is 410 g/mol. The van der Waals surface area contributed by atoms with E-state index in [1.54, 1.807) is 6.21 Å². The number of benzene rings is 1. The van der Waals surface area contributed by atoms with Crippen LogP contribution in [0.15, 0.2) is 53.6 Å². The first kappa shape index (κ1) is 25.9. The highest BCUT2D eigenvalue weighted by atomic mass is 28.4. The van der Waals surface area contributed by atoms with E-state index in [9.17, 15) is 4.79 Å². The van der Waals surface area contributed by atoms with Crippen LogP contribution in [-0.2, 0) is 0 Å². The molecule has 1 aromatic carbocycles. The molecule has 2 atom stereocenters. The topological polar surface area (TPSA) is 38.7 Å². The highest BCUT2D eigenvalue weighted by Gasteiger charge is 2.39. The molecule has 3 nitrogen and oxygen atoms in total. The number of Topliss-reactive ketones (excluding diaryl/α,β-unsaturated/α-hetero) is 1. The minimum Gasteiger partial charge on any atom is -0.544 e. The molecule has 0 aliphatic carbocycles. The molecule has 0 bridgehead atoms. The van der Waals surface area contributed by atoms with Crippen LogP contribution in [0.1, 0.15) is 65.2 Å². The number of ketones is 1. The van der Waals surface area contributed by atoms with Crippen LogP contribution < -0.4 is 4.43 Å². The maximum atomic E-state index is 13.5. The average Bonchev–Trinajstić information content (AvgIpc) is 3.10. The largest absolute Gasteiger partial charge is 0.544 e. The normalized spacial score (nSPS) is 19.7. The summed E-state index contributed by atoms with van der Waals surface area (Å²) in [4.78, 5) is 18.1. The Hall–Kier alpha value is -2.38. The first-order valence-electron chi connectivity index (χ1n) is 11.4. The van der Waals surface area contributed by atoms with Crippen LogP contribution in [0.2, 0.25) is 18.1 Å². The minimum atomic E-state index is -1.92. The van der Waals surface area contributed by atoms with Crippen molar-refractivity contribution in [3.05, 3.63) is 54.1 Å². The number of carbonyl (C=O) groups excluding carboxylic acids is 1. The Morgan fingerprint density at radius 1 is 1.16 bits per heavy atom. The molecule has 0 aromatic heterocycles. The highest BCUT2D eigenvalue weighted by Crippen LogP contribution is 2.38. The third-order valence-electron chi connectivity index (χ3n) is 6.23. The Kier molecular flexibility index (Phi) is 7.78. The lowest BCUT2D eigenvalue weighted by Crippen LogP contribution is -2.43. The van der Waals surface area contributed by atoms with Crippen molar-refractivity contribution in [2.75, 3.05) is 0 Å². The monoisotopic (exact) mass is 449 g/mol. The molecule has 172 valence electrons. The number of hydrogen-bond acceptors (Lipinski definition) is 3. The molecule has 0 N–H and O–H groups in total. The molecule has 0 saturated carbocycles. The van der Waals surface area contributed by atoms with Gasteiger partial charge in [-0.15, -0.1) is 0 Å². The predicted octanol–water partition coefficient (Wildman–Crippen LogP) is 7.26. The summed E-state index contributed by atoms with van der Waals surface area (Å²) >= 11 is 0. The van der Waals surface area contributed by atoms with Gasteiger partial charge < -0.3 is 4.43 Å². The molecule has 1 aromatic rings. The van der Waals surface area contributed by atoms with E-state index in [1.807, 2.05) is 55.5 Å². The van der Waals surface area contributed by atoms with Crippen LogP contribution in [0.5, 0.6) is 5.75 Å². The summed E-state index contributed by atoms with van der Waals surface area (Å²) < 4.78 is 6.37. The van der Waals surface area contributed by atoms with Gasteiger partial charge in [-0.05, 0) is 88.7 Å². The summed E-state index contributed by atoms with van der Waals surface area (Å²) in [6, 6.07) is 7.61. The first-order chi connectivity index (χ1) is 14.6. The van der Waals surface area contributed by atoms with E-state index in [-0.39, 0.29) is 22.2 Å². The quantitative estimate of drug-likeness (QED) is 0.249. The fraction of sp³-hybridized carbons (Fsp3) is 0.500. The summed E-state index contributed by atoms with van der Waals surface area (Å²) in [5.41, 5.74) is 0.0939. The van der Waals surface area contributed by atoms with Gasteiger partial charge in [0.05, 0.1) is 11.5 Å². The fourth-order valence-corrected chi connectivity index (χ4v) is 4.19. The van der Waals surface area contributed by atoms with Crippen molar-refractivity contribution in [1.82, 2.24) is 0 Å². The van der Waals surface area contributed by atoms with E-state index < -0.39 is 13.9 Å². The van der Waals surface area contributed by atoms with Crippen molar-refractivity contribution in [2.24, 2.45) is 16.3 Å². The van der Waals surface area contributed by atoms with E-state index in [1.165, 1.54) is 0 Å². The summed E-state index contributed by atoms with van der Waals surface area (Å²) in [7, 11) is -1.92. The van der Waals surface area contributed by atoms with E-state index in [0.29, 0.717) is 12.0 Å². The van der Waals surface area contributed by atoms with Gasteiger partial charge in [0.15, 0.2) is 5.78 Å². The Labute approximate surface area is 196 Å². The number of aliphatic imine (C=N–C) groups is 1. The van der Waals surface area contributed by atoms with E-state index in [4.69, 9.17) is 4.43 Å². The first-order valence-corrected chi connectivity index (χ1v) is 14.3. The molecule has 0 saturated heterocycles. The molecular formula is C28H39NO2Si. The van der Waals surface area contributed by atoms with Crippen LogP contribution in [0.3, 0.4) is 0 Å². The number of nitrogens with zero attached hydrogens (tertiary/aromatic N) is 1. The van der Waals surface area contributed by atoms with Crippen LogP contribution in [0, 0.1) is 23.2 Å². The fourth-order valence-electron chi connectivity index (χ4n) is 3.16. The zero-order valence-electron chi connectivity index (χ0n) is 21.2. The van der Waals surface area contributed by atoms with Gasteiger partial charge in [0, 0.05) is 17.2 Å². The molecule has 0 fully saturated rings. The van der Waals surface area contributed by atoms with Crippen LogP contribution in [-0.4, -0.2) is 25.9 Å². The number of allylic oxidation sites excluding steroid dienone is 3. The SMILES string of the molecule is CC(C)(C)C#CC=CCC(C(=O)c1ccc(O[Si](C)(C)C(C)(C)C)cc1)C1(C)C=CC=N1. The average molecular weight is 450 g/mol. The molecule has 0 spiro atoms. The van der Waals surface area contributed by atoms with Gasteiger partial charge in [0.2, 0.25) is 8.32 Å². The second kappa shape index (κ2) is 9.63. The van der Waals surface area contributed by atoms with Gasteiger partial charge in [0.25, 0.3) is 0 Å². The Balaban J connectivity index is 2.22. The Bertz CT molecular complexity index is 946. The lowest BCUT2D eigenvalue weighted by molar-refractivity contribution is 0.0884. The molecule has 1 aliphatic heterocycles. The van der Waals surface area contributed by atoms with Crippen molar-refractivity contribution in [3.8, 4) is 17.6 Å². The van der Waals surface area contributed by atoms with Gasteiger partial charge in [-0.1, -0.05) is 44.8 Å². The molecule has 1 heterocycles. The Morgan fingerprint density at radius 2 is 1.78 bits per heavy atom. The molecule has 2 rings (SSSR count). The Morgan fingerprint density at radius 3 is 2.28 bits per heavy atom. The van der Waals surface area contributed by atoms with Crippen LogP contribution in [0.25, 0.3) is 0 Å². The molecule has 32 heavy (non-hydrogen) atoms. The minimum absolute atomic E-state index is 0.0434. The van der Waals surface area contributed by atoms with Gasteiger partial charge >= 0.3 is 0 Å². The number of rotatable bonds is 7. The van der Waals surface area contributed by atoms with E-state index in [0.717, 1.165) is 5.75 Å². The second-order valence-corrected chi connectivity index (χ2v) is 16.0. The van der Waals surface area contributed by atoms with E-state index in [2.05, 4.69) is 71.5 Å². The van der Waals surface area contributed by atoms with Crippen LogP contribution in [0.4, 0.5) is 0 Å². The molecule has 1 aliphatic rings. The zero-order chi connectivity index (χ0) is 24.2. The maximum Gasteiger partial charge on any atom is 0.250 e. The number of hydrogen-bond donors (Lipinski definition) is 0. The molecule has 4 heteroatoms. The van der Waals surface area contributed by atoms with Crippen molar-refractivity contribution in [1.29, 1.82) is 0 Å². The lowest BCUT2D eigenvalue weighted by Gasteiger charge is -2.36. The maximum absolute atomic E-state index is 13.5. The van der Waals surface area contributed by atoms with Crippen LogP contribution >= 0.6 is 0 Å². The van der Waals surface area contributed by atoms with Gasteiger partial charge in [-0.2, -0.15) is 0 Å². The molecule has 2 unspecified atom stereocenters. The summed E-state index contributed by atoms with van der Waals surface area (Å²) in [6.45, 7) is 19.4. The van der Waals surface area contributed by atoms with Crippen molar-refractivity contribution < 1.29 is 9.22 Å². The predicted molar refractivity (Wildman–Crippen MR) is 139 cm³/mol. The second-order valence-electron chi connectivity index (χ2n) is 11.3. The third-order valence-corrected chi connectivity index (χ3v) is 10.6. The van der Waals surface area contributed by atoms with Gasteiger partial charge in [-0.3, -0.25) is 9.79 Å². The summed E-state index contributed by atoms with van der Waals surface area (Å²) in [6.07, 6.45) is 10.1. The standard InChI is InChI=1S/C28H39NO2Si/c1-26(2,3)19-12-10-11-14-24(28(7)20-13-21-29-28)25(30)22-15-17-23(18-16-22)31-32(8,9)27(4,5)6/h10-11,13,15-18,20-21,24H,14H2,1-9H3. The van der Waals surface area contributed by atoms with E-state index >= 15 is 0 Å². The number of carbonyl (C=O) groups is 1. The van der Waals surface area contributed by atoms with Crippen molar-refractivity contribution in [3.63, 3.8) is 0 Å². The zero-order valence-corrected chi connectivity index (χ0v) is 22.2. The van der Waals surface area contributed by atoms with Gasteiger partial charge in [-0.25, -0.2) is 0 Å². The van der Waals surface area contributed by atoms with Crippen molar-refractivity contribution in [2.45, 2.75) is 78.6 Å². The highest BCUT2D eigenvalue weighted by molar-refractivity contribution is 6.74. The van der Waals surface area contributed by atoms with Crippen molar-refractivity contribution >= 4 is 20.3 Å². The third kappa shape index (κ3) is 6.81. The smallest absolute Gasteiger partial charge is 0.250 e. The summed E-state index contributed by atoms with van der Waals surface area (Å²) in [5.74, 6) is 6.91. The molecule has 0 radical (unpaired) electrons. The van der Waals surface area contributed by atoms with Gasteiger partial charge in [0.1, 0.15) is 5.75 Å².